The highest BCUT2D eigenvalue weighted by Gasteiger charge is 2.18. The van der Waals surface area contributed by atoms with Gasteiger partial charge in [-0.1, -0.05) is 23.7 Å². The number of methoxy groups -OCH3 is 2. The van der Waals surface area contributed by atoms with Crippen LogP contribution in [-0.2, 0) is 21.2 Å². The molecule has 2 aromatic rings. The van der Waals surface area contributed by atoms with Gasteiger partial charge in [0, 0.05) is 24.1 Å². The van der Waals surface area contributed by atoms with Gasteiger partial charge >= 0.3 is 0 Å². The standard InChI is InChI=1S/C18H20ClNO5S/c1-24-16-8-7-15(11-17(16)25-2)26(22,23)10-9-18(21)20-12-13-3-5-14(19)6-4-13/h3-8,11H,9-10,12H2,1-2H3,(H,20,21). The Bertz CT molecular complexity index is 866. The molecule has 0 spiro atoms. The van der Waals surface area contributed by atoms with Crippen LogP contribution >= 0.6 is 11.6 Å². The highest BCUT2D eigenvalue weighted by molar-refractivity contribution is 7.91. The van der Waals surface area contributed by atoms with Crippen molar-refractivity contribution in [1.29, 1.82) is 0 Å². The summed E-state index contributed by atoms with van der Waals surface area (Å²) in [7, 11) is -0.717. The predicted octanol–water partition coefficient (Wildman–Crippen LogP) is 2.84. The number of amides is 1. The van der Waals surface area contributed by atoms with Crippen molar-refractivity contribution in [2.75, 3.05) is 20.0 Å². The molecular formula is C18H20ClNO5S. The Balaban J connectivity index is 1.94. The van der Waals surface area contributed by atoms with Crippen LogP contribution in [-0.4, -0.2) is 34.3 Å². The lowest BCUT2D eigenvalue weighted by atomic mass is 10.2. The molecule has 1 N–H and O–H groups in total. The predicted molar refractivity (Wildman–Crippen MR) is 99.5 cm³/mol. The van der Waals surface area contributed by atoms with Gasteiger partial charge in [-0.15, -0.1) is 0 Å². The summed E-state index contributed by atoms with van der Waals surface area (Å²) in [6.07, 6.45) is -0.135. The number of hydrogen-bond acceptors (Lipinski definition) is 5. The summed E-state index contributed by atoms with van der Waals surface area (Å²) in [4.78, 5) is 12.0. The second-order valence-electron chi connectivity index (χ2n) is 5.49. The third-order valence-corrected chi connectivity index (χ3v) is 5.68. The molecule has 26 heavy (non-hydrogen) atoms. The molecule has 0 bridgehead atoms. The number of nitrogens with one attached hydrogen (secondary N) is 1. The monoisotopic (exact) mass is 397 g/mol. The van der Waals surface area contributed by atoms with Crippen molar-refractivity contribution >= 4 is 27.3 Å². The van der Waals surface area contributed by atoms with Crippen molar-refractivity contribution in [2.45, 2.75) is 17.9 Å². The summed E-state index contributed by atoms with van der Waals surface area (Å²) in [6.45, 7) is 0.312. The molecule has 0 aliphatic rings. The van der Waals surface area contributed by atoms with Crippen molar-refractivity contribution in [2.24, 2.45) is 0 Å². The van der Waals surface area contributed by atoms with Gasteiger partial charge in [-0.3, -0.25) is 4.79 Å². The van der Waals surface area contributed by atoms with Crippen molar-refractivity contribution in [3.05, 3.63) is 53.1 Å². The second-order valence-corrected chi connectivity index (χ2v) is 8.03. The van der Waals surface area contributed by atoms with Crippen LogP contribution < -0.4 is 14.8 Å². The van der Waals surface area contributed by atoms with E-state index in [1.807, 2.05) is 0 Å². The summed E-state index contributed by atoms with van der Waals surface area (Å²) >= 11 is 5.80. The molecule has 0 heterocycles. The van der Waals surface area contributed by atoms with Crippen LogP contribution in [0.5, 0.6) is 11.5 Å². The summed E-state index contributed by atoms with van der Waals surface area (Å²) in [5, 5.41) is 3.30. The second kappa shape index (κ2) is 8.91. The molecule has 140 valence electrons. The zero-order valence-corrected chi connectivity index (χ0v) is 16.1. The quantitative estimate of drug-likeness (QED) is 0.740. The van der Waals surface area contributed by atoms with Gasteiger partial charge in [-0.25, -0.2) is 8.42 Å². The number of halogens is 1. The fourth-order valence-corrected chi connectivity index (χ4v) is 3.62. The summed E-state index contributed by atoms with van der Waals surface area (Å²) in [5.74, 6) is 0.117. The first-order valence-electron chi connectivity index (χ1n) is 7.81. The summed E-state index contributed by atoms with van der Waals surface area (Å²) < 4.78 is 35.1. The maximum atomic E-state index is 12.4. The first-order valence-corrected chi connectivity index (χ1v) is 9.84. The highest BCUT2D eigenvalue weighted by atomic mass is 35.5. The molecule has 0 aliphatic carbocycles. The molecule has 0 aliphatic heterocycles. The van der Waals surface area contributed by atoms with Crippen LogP contribution in [0.3, 0.4) is 0 Å². The summed E-state index contributed by atoms with van der Waals surface area (Å²) in [5.41, 5.74) is 0.880. The Morgan fingerprint density at radius 2 is 1.69 bits per heavy atom. The van der Waals surface area contributed by atoms with Gasteiger partial charge in [0.25, 0.3) is 0 Å². The van der Waals surface area contributed by atoms with Gasteiger partial charge in [0.2, 0.25) is 5.91 Å². The molecule has 0 saturated heterocycles. The molecule has 2 rings (SSSR count). The Morgan fingerprint density at radius 3 is 2.31 bits per heavy atom. The largest absolute Gasteiger partial charge is 0.493 e. The lowest BCUT2D eigenvalue weighted by Gasteiger charge is -2.10. The molecule has 8 heteroatoms. The molecule has 1 amide bonds. The van der Waals surface area contributed by atoms with Gasteiger partial charge in [0.15, 0.2) is 21.3 Å². The molecule has 2 aromatic carbocycles. The van der Waals surface area contributed by atoms with Crippen LogP contribution in [0.25, 0.3) is 0 Å². The number of rotatable bonds is 8. The number of carbonyl (C=O) groups is 1. The maximum Gasteiger partial charge on any atom is 0.221 e. The zero-order valence-electron chi connectivity index (χ0n) is 14.5. The van der Waals surface area contributed by atoms with E-state index in [1.54, 1.807) is 24.3 Å². The van der Waals surface area contributed by atoms with Gasteiger partial charge in [-0.2, -0.15) is 0 Å². The molecule has 0 fully saturated rings. The third kappa shape index (κ3) is 5.37. The first-order chi connectivity index (χ1) is 12.4. The fourth-order valence-electron chi connectivity index (χ4n) is 2.25. The Kier molecular flexibility index (Phi) is 6.88. The minimum absolute atomic E-state index is 0.0839. The fraction of sp³-hybridized carbons (Fsp3) is 0.278. The number of carbonyl (C=O) groups excluding carboxylic acids is 1. The van der Waals surface area contributed by atoms with Crippen molar-refractivity contribution in [3.8, 4) is 11.5 Å². The smallest absolute Gasteiger partial charge is 0.221 e. The zero-order chi connectivity index (χ0) is 19.2. The van der Waals surface area contributed by atoms with Crippen LogP contribution in [0.2, 0.25) is 5.02 Å². The van der Waals surface area contributed by atoms with Crippen molar-refractivity contribution in [1.82, 2.24) is 5.32 Å². The highest BCUT2D eigenvalue weighted by Crippen LogP contribution is 2.29. The van der Waals surface area contributed by atoms with Crippen molar-refractivity contribution in [3.63, 3.8) is 0 Å². The van der Waals surface area contributed by atoms with E-state index in [-0.39, 0.29) is 23.0 Å². The van der Waals surface area contributed by atoms with E-state index < -0.39 is 9.84 Å². The van der Waals surface area contributed by atoms with E-state index >= 15 is 0 Å². The van der Waals surface area contributed by atoms with E-state index in [1.165, 1.54) is 32.4 Å². The minimum atomic E-state index is -3.62. The average Bonchev–Trinajstić information content (AvgIpc) is 2.65. The molecule has 0 unspecified atom stereocenters. The van der Waals surface area contributed by atoms with E-state index in [4.69, 9.17) is 21.1 Å². The number of benzene rings is 2. The number of hydrogen-bond donors (Lipinski definition) is 1. The van der Waals surface area contributed by atoms with E-state index in [0.29, 0.717) is 23.1 Å². The molecule has 6 nitrogen and oxygen atoms in total. The Morgan fingerprint density at radius 1 is 1.04 bits per heavy atom. The van der Waals surface area contributed by atoms with E-state index in [2.05, 4.69) is 5.32 Å². The first kappa shape index (κ1) is 20.1. The van der Waals surface area contributed by atoms with Gasteiger partial charge in [0.05, 0.1) is 24.9 Å². The number of sulfone groups is 1. The normalized spacial score (nSPS) is 11.0. The molecular weight excluding hydrogens is 378 g/mol. The van der Waals surface area contributed by atoms with E-state index in [0.717, 1.165) is 5.56 Å². The lowest BCUT2D eigenvalue weighted by molar-refractivity contribution is -0.120. The average molecular weight is 398 g/mol. The molecule has 0 atom stereocenters. The van der Waals surface area contributed by atoms with Gasteiger partial charge in [0.1, 0.15) is 0 Å². The Labute approximate surface area is 158 Å². The van der Waals surface area contributed by atoms with Crippen LogP contribution in [0, 0.1) is 0 Å². The van der Waals surface area contributed by atoms with Crippen LogP contribution in [0.4, 0.5) is 0 Å². The minimum Gasteiger partial charge on any atom is -0.493 e. The third-order valence-electron chi connectivity index (χ3n) is 3.71. The maximum absolute atomic E-state index is 12.4. The number of ether oxygens (including phenoxy) is 2. The molecule has 0 radical (unpaired) electrons. The van der Waals surface area contributed by atoms with Crippen molar-refractivity contribution < 1.29 is 22.7 Å². The van der Waals surface area contributed by atoms with Gasteiger partial charge < -0.3 is 14.8 Å². The molecule has 0 saturated carbocycles. The SMILES string of the molecule is COc1ccc(S(=O)(=O)CCC(=O)NCc2ccc(Cl)cc2)cc1OC. The van der Waals surface area contributed by atoms with Crippen LogP contribution in [0.1, 0.15) is 12.0 Å². The Hall–Kier alpha value is -2.25. The van der Waals surface area contributed by atoms with Gasteiger partial charge in [-0.05, 0) is 29.8 Å². The van der Waals surface area contributed by atoms with Crippen LogP contribution in [0.15, 0.2) is 47.4 Å². The van der Waals surface area contributed by atoms with E-state index in [9.17, 15) is 13.2 Å². The topological polar surface area (TPSA) is 81.7 Å². The molecule has 0 aromatic heterocycles. The lowest BCUT2D eigenvalue weighted by Crippen LogP contribution is -2.25. The summed E-state index contributed by atoms with van der Waals surface area (Å²) in [6, 6.07) is 11.4.